The zero-order valence-corrected chi connectivity index (χ0v) is 10.1. The van der Waals surface area contributed by atoms with Gasteiger partial charge in [-0.1, -0.05) is 11.6 Å². The van der Waals surface area contributed by atoms with Crippen LogP contribution < -0.4 is 0 Å². The number of fused-ring (bicyclic) bond motifs is 1. The van der Waals surface area contributed by atoms with Crippen LogP contribution in [0.25, 0.3) is 0 Å². The molecule has 0 aliphatic carbocycles. The molecule has 3 nitrogen and oxygen atoms in total. The second-order valence-electron chi connectivity index (χ2n) is 3.39. The number of hydrogen-bond donors (Lipinski definition) is 0. The SMILES string of the molecule is COC(=O)C1CSc2ccc(Cl)cc2C1=O. The van der Waals surface area contributed by atoms with Crippen LogP contribution in [0, 0.1) is 5.92 Å². The molecule has 2 rings (SSSR count). The van der Waals surface area contributed by atoms with E-state index in [1.807, 2.05) is 0 Å². The lowest BCUT2D eigenvalue weighted by molar-refractivity contribution is -0.142. The van der Waals surface area contributed by atoms with Gasteiger partial charge in [-0.15, -0.1) is 11.8 Å². The summed E-state index contributed by atoms with van der Waals surface area (Å²) in [6.45, 7) is 0. The fourth-order valence-corrected chi connectivity index (χ4v) is 2.86. The fraction of sp³-hybridized carbons (Fsp3) is 0.273. The molecule has 5 heteroatoms. The van der Waals surface area contributed by atoms with E-state index in [9.17, 15) is 9.59 Å². The van der Waals surface area contributed by atoms with E-state index >= 15 is 0 Å². The molecule has 1 aromatic carbocycles. The number of carbonyl (C=O) groups excluding carboxylic acids is 2. The lowest BCUT2D eigenvalue weighted by Crippen LogP contribution is -2.30. The molecule has 0 radical (unpaired) electrons. The van der Waals surface area contributed by atoms with Crippen molar-refractivity contribution in [1.29, 1.82) is 0 Å². The van der Waals surface area contributed by atoms with Crippen LogP contribution in [-0.2, 0) is 9.53 Å². The molecule has 1 atom stereocenters. The molecule has 0 aromatic heterocycles. The van der Waals surface area contributed by atoms with E-state index in [4.69, 9.17) is 11.6 Å². The van der Waals surface area contributed by atoms with Gasteiger partial charge in [-0.05, 0) is 18.2 Å². The van der Waals surface area contributed by atoms with Crippen LogP contribution in [0.5, 0.6) is 0 Å². The number of esters is 1. The van der Waals surface area contributed by atoms with Crippen molar-refractivity contribution in [2.75, 3.05) is 12.9 Å². The number of halogens is 1. The van der Waals surface area contributed by atoms with Crippen molar-refractivity contribution in [3.05, 3.63) is 28.8 Å². The lowest BCUT2D eigenvalue weighted by atomic mass is 9.99. The zero-order chi connectivity index (χ0) is 11.7. The Morgan fingerprint density at radius 2 is 2.31 bits per heavy atom. The van der Waals surface area contributed by atoms with E-state index in [0.29, 0.717) is 16.3 Å². The second kappa shape index (κ2) is 4.47. The number of Topliss-reactive ketones (excluding diaryl/α,β-unsaturated/α-hetero) is 1. The summed E-state index contributed by atoms with van der Waals surface area (Å²) in [5, 5.41) is 0.498. The summed E-state index contributed by atoms with van der Waals surface area (Å²) in [4.78, 5) is 24.2. The van der Waals surface area contributed by atoms with Crippen LogP contribution in [0.15, 0.2) is 23.1 Å². The van der Waals surface area contributed by atoms with Crippen LogP contribution in [0.4, 0.5) is 0 Å². The first-order valence-corrected chi connectivity index (χ1v) is 6.04. The van der Waals surface area contributed by atoms with Gasteiger partial charge in [0.1, 0.15) is 5.92 Å². The van der Waals surface area contributed by atoms with E-state index in [-0.39, 0.29) is 5.78 Å². The van der Waals surface area contributed by atoms with Gasteiger partial charge in [-0.25, -0.2) is 0 Å². The quantitative estimate of drug-likeness (QED) is 0.572. The highest BCUT2D eigenvalue weighted by molar-refractivity contribution is 7.99. The Kier molecular flexibility index (Phi) is 3.21. The monoisotopic (exact) mass is 256 g/mol. The minimum absolute atomic E-state index is 0.205. The van der Waals surface area contributed by atoms with Gasteiger partial charge in [0.2, 0.25) is 0 Å². The van der Waals surface area contributed by atoms with E-state index in [0.717, 1.165) is 4.90 Å². The molecule has 0 bridgehead atoms. The van der Waals surface area contributed by atoms with Crippen molar-refractivity contribution in [1.82, 2.24) is 0 Å². The van der Waals surface area contributed by atoms with Crippen molar-refractivity contribution < 1.29 is 14.3 Å². The Morgan fingerprint density at radius 3 is 3.00 bits per heavy atom. The molecule has 1 aliphatic rings. The largest absolute Gasteiger partial charge is 0.468 e. The number of thioether (sulfide) groups is 1. The first kappa shape index (κ1) is 11.5. The molecule has 0 fully saturated rings. The van der Waals surface area contributed by atoms with Crippen molar-refractivity contribution >= 4 is 35.1 Å². The third-order valence-corrected chi connectivity index (χ3v) is 3.82. The molecule has 1 heterocycles. The number of carbonyl (C=O) groups is 2. The highest BCUT2D eigenvalue weighted by atomic mass is 35.5. The Labute approximate surface area is 102 Å². The number of hydrogen-bond acceptors (Lipinski definition) is 4. The minimum Gasteiger partial charge on any atom is -0.468 e. The summed E-state index contributed by atoms with van der Waals surface area (Å²) in [6, 6.07) is 5.13. The summed E-state index contributed by atoms with van der Waals surface area (Å²) in [5.74, 6) is -0.965. The van der Waals surface area contributed by atoms with Crippen molar-refractivity contribution in [3.63, 3.8) is 0 Å². The average molecular weight is 257 g/mol. The number of rotatable bonds is 1. The standard InChI is InChI=1S/C11H9ClO3S/c1-15-11(14)8-5-16-9-3-2-6(12)4-7(9)10(8)13/h2-4,8H,5H2,1H3. The second-order valence-corrected chi connectivity index (χ2v) is 4.89. The minimum atomic E-state index is -0.707. The molecule has 0 spiro atoms. The van der Waals surface area contributed by atoms with Gasteiger partial charge in [-0.3, -0.25) is 9.59 Å². The van der Waals surface area contributed by atoms with Crippen LogP contribution >= 0.6 is 23.4 Å². The average Bonchev–Trinajstić information content (AvgIpc) is 2.29. The molecule has 0 saturated heterocycles. The summed E-state index contributed by atoms with van der Waals surface area (Å²) >= 11 is 7.30. The molecule has 0 N–H and O–H groups in total. The Bertz CT molecular complexity index is 459. The van der Waals surface area contributed by atoms with Crippen LogP contribution in [0.1, 0.15) is 10.4 Å². The molecular weight excluding hydrogens is 248 g/mol. The van der Waals surface area contributed by atoms with Gasteiger partial charge < -0.3 is 4.74 Å². The number of ketones is 1. The molecule has 0 amide bonds. The van der Waals surface area contributed by atoms with Crippen LogP contribution in [0.3, 0.4) is 0 Å². The van der Waals surface area contributed by atoms with Crippen molar-refractivity contribution in [3.8, 4) is 0 Å². The molecule has 1 unspecified atom stereocenters. The maximum Gasteiger partial charge on any atom is 0.317 e. The smallest absolute Gasteiger partial charge is 0.317 e. The highest BCUT2D eigenvalue weighted by Crippen LogP contribution is 2.34. The first-order chi connectivity index (χ1) is 7.63. The predicted octanol–water partition coefficient (Wildman–Crippen LogP) is 2.42. The molecule has 1 aliphatic heterocycles. The summed E-state index contributed by atoms with van der Waals surface area (Å²) in [5.41, 5.74) is 0.513. The lowest BCUT2D eigenvalue weighted by Gasteiger charge is -2.20. The summed E-state index contributed by atoms with van der Waals surface area (Å²) in [6.07, 6.45) is 0. The summed E-state index contributed by atoms with van der Waals surface area (Å²) < 4.78 is 4.60. The van der Waals surface area contributed by atoms with Gasteiger partial charge in [0.05, 0.1) is 7.11 Å². The number of ether oxygens (including phenoxy) is 1. The van der Waals surface area contributed by atoms with Gasteiger partial charge in [0.25, 0.3) is 0 Å². The molecular formula is C11H9ClO3S. The van der Waals surface area contributed by atoms with E-state index in [1.54, 1.807) is 18.2 Å². The van der Waals surface area contributed by atoms with Crippen molar-refractivity contribution in [2.24, 2.45) is 5.92 Å². The number of methoxy groups -OCH3 is 1. The van der Waals surface area contributed by atoms with Gasteiger partial charge in [-0.2, -0.15) is 0 Å². The van der Waals surface area contributed by atoms with E-state index < -0.39 is 11.9 Å². The van der Waals surface area contributed by atoms with Gasteiger partial charge >= 0.3 is 5.97 Å². The van der Waals surface area contributed by atoms with E-state index in [1.165, 1.54) is 18.9 Å². The maximum absolute atomic E-state index is 12.0. The third-order valence-electron chi connectivity index (χ3n) is 2.41. The van der Waals surface area contributed by atoms with Gasteiger partial charge in [0, 0.05) is 21.2 Å². The highest BCUT2D eigenvalue weighted by Gasteiger charge is 2.34. The third kappa shape index (κ3) is 1.95. The van der Waals surface area contributed by atoms with Crippen LogP contribution in [-0.4, -0.2) is 24.6 Å². The predicted molar refractivity (Wildman–Crippen MR) is 62.0 cm³/mol. The Balaban J connectivity index is 2.38. The van der Waals surface area contributed by atoms with Crippen molar-refractivity contribution in [2.45, 2.75) is 4.90 Å². The molecule has 0 saturated carbocycles. The summed E-state index contributed by atoms with van der Waals surface area (Å²) in [7, 11) is 1.29. The molecule has 16 heavy (non-hydrogen) atoms. The molecule has 84 valence electrons. The Hall–Kier alpha value is -1.00. The maximum atomic E-state index is 12.0. The Morgan fingerprint density at radius 1 is 1.56 bits per heavy atom. The molecule has 1 aromatic rings. The fourth-order valence-electron chi connectivity index (χ4n) is 1.57. The topological polar surface area (TPSA) is 43.4 Å². The normalized spacial score (nSPS) is 19.1. The van der Waals surface area contributed by atoms with Gasteiger partial charge in [0.15, 0.2) is 5.78 Å². The number of benzene rings is 1. The van der Waals surface area contributed by atoms with Crippen LogP contribution in [0.2, 0.25) is 5.02 Å². The first-order valence-electron chi connectivity index (χ1n) is 4.68. The van der Waals surface area contributed by atoms with E-state index in [2.05, 4.69) is 4.74 Å². The zero-order valence-electron chi connectivity index (χ0n) is 8.53.